The molecular weight excluding hydrogens is 524 g/mol. The van der Waals surface area contributed by atoms with Crippen molar-refractivity contribution < 1.29 is 32.8 Å². The van der Waals surface area contributed by atoms with Gasteiger partial charge in [-0.3, -0.25) is 4.68 Å². The van der Waals surface area contributed by atoms with Crippen LogP contribution in [0, 0.1) is 11.6 Å². The lowest BCUT2D eigenvalue weighted by molar-refractivity contribution is 0.00706. The maximum atomic E-state index is 14.8. The summed E-state index contributed by atoms with van der Waals surface area (Å²) in [4.78, 5) is 11.9. The van der Waals surface area contributed by atoms with E-state index >= 15 is 0 Å². The number of imidazole rings is 1. The molecule has 3 aromatic heterocycles. The second-order valence-electron chi connectivity index (χ2n) is 9.33. The van der Waals surface area contributed by atoms with E-state index in [1.165, 1.54) is 0 Å². The number of H-pyrrole nitrogens is 1. The van der Waals surface area contributed by atoms with Gasteiger partial charge in [-0.15, -0.1) is 0 Å². The summed E-state index contributed by atoms with van der Waals surface area (Å²) < 4.78 is 53.7. The van der Waals surface area contributed by atoms with Crippen molar-refractivity contribution in [2.75, 3.05) is 13.2 Å². The molecule has 0 saturated carbocycles. The number of halogens is 3. The number of nitrogens with one attached hydrogen (secondary N) is 1. The molecule has 38 heavy (non-hydrogen) atoms. The Morgan fingerprint density at radius 2 is 1.92 bits per heavy atom. The normalized spacial score (nSPS) is 22.8. The Bertz CT molecular complexity index is 1460. The number of aliphatic hydroxyl groups excluding tert-OH is 1. The smallest absolute Gasteiger partial charge is 0.296 e. The van der Waals surface area contributed by atoms with Crippen LogP contribution in [0.1, 0.15) is 16.8 Å². The maximum Gasteiger partial charge on any atom is 0.296 e. The summed E-state index contributed by atoms with van der Waals surface area (Å²) in [7, 11) is 1.77. The van der Waals surface area contributed by atoms with Gasteiger partial charge in [0.05, 0.1) is 35.6 Å². The van der Waals surface area contributed by atoms with Crippen LogP contribution in [0.2, 0.25) is 5.02 Å². The zero-order chi connectivity index (χ0) is 26.4. The predicted octanol–water partition coefficient (Wildman–Crippen LogP) is 2.89. The number of rotatable bonds is 8. The van der Waals surface area contributed by atoms with Crippen molar-refractivity contribution >= 4 is 22.8 Å². The second-order valence-corrected chi connectivity index (χ2v) is 9.73. The average Bonchev–Trinajstić information content (AvgIpc) is 3.64. The number of fused-ring (bicyclic) bond motifs is 2. The molecule has 13 heteroatoms. The highest BCUT2D eigenvalue weighted by Gasteiger charge is 2.48. The minimum atomic E-state index is -0.713. The molecule has 2 saturated heterocycles. The Kier molecular flexibility index (Phi) is 6.64. The third-order valence-corrected chi connectivity index (χ3v) is 6.94. The molecule has 0 aliphatic carbocycles. The van der Waals surface area contributed by atoms with Crippen LogP contribution >= 0.6 is 11.6 Å². The van der Waals surface area contributed by atoms with Gasteiger partial charge in [0.15, 0.2) is 11.8 Å². The lowest BCUT2D eigenvalue weighted by Gasteiger charge is -2.15. The van der Waals surface area contributed by atoms with E-state index in [2.05, 4.69) is 20.1 Å². The zero-order valence-electron chi connectivity index (χ0n) is 20.2. The van der Waals surface area contributed by atoms with Crippen LogP contribution in [-0.4, -0.2) is 67.5 Å². The number of hydrogen-bond acceptors (Lipinski definition) is 8. The van der Waals surface area contributed by atoms with Crippen LogP contribution in [0.4, 0.5) is 8.78 Å². The largest absolute Gasteiger partial charge is 0.489 e. The molecular formula is C25H24ClF2N5O5. The van der Waals surface area contributed by atoms with E-state index in [1.807, 2.05) is 0 Å². The van der Waals surface area contributed by atoms with Crippen molar-refractivity contribution in [1.82, 2.24) is 24.7 Å². The van der Waals surface area contributed by atoms with Crippen molar-refractivity contribution in [3.63, 3.8) is 0 Å². The number of benzene rings is 1. The summed E-state index contributed by atoms with van der Waals surface area (Å²) in [6.45, 7) is 0.594. The third-order valence-electron chi connectivity index (χ3n) is 6.61. The predicted molar refractivity (Wildman–Crippen MR) is 130 cm³/mol. The van der Waals surface area contributed by atoms with Crippen molar-refractivity contribution in [3.05, 3.63) is 64.1 Å². The third kappa shape index (κ3) is 4.92. The van der Waals surface area contributed by atoms with Crippen molar-refractivity contribution in [2.24, 2.45) is 7.05 Å². The van der Waals surface area contributed by atoms with Gasteiger partial charge < -0.3 is 29.0 Å². The van der Waals surface area contributed by atoms with E-state index in [1.54, 1.807) is 30.2 Å². The van der Waals surface area contributed by atoms with E-state index in [9.17, 15) is 13.9 Å². The number of aliphatic hydroxyl groups is 1. The Hall–Kier alpha value is -3.32. The van der Waals surface area contributed by atoms with Gasteiger partial charge in [-0.25, -0.2) is 13.8 Å². The van der Waals surface area contributed by atoms with E-state index in [0.717, 1.165) is 17.7 Å². The first-order chi connectivity index (χ1) is 18.3. The lowest BCUT2D eigenvalue weighted by Crippen LogP contribution is -2.34. The molecule has 0 unspecified atom stereocenters. The van der Waals surface area contributed by atoms with E-state index < -0.39 is 29.9 Å². The molecule has 2 aliphatic heterocycles. The maximum absolute atomic E-state index is 14.8. The van der Waals surface area contributed by atoms with Gasteiger partial charge in [0.1, 0.15) is 42.3 Å². The van der Waals surface area contributed by atoms with Crippen LogP contribution in [0.3, 0.4) is 0 Å². The zero-order valence-corrected chi connectivity index (χ0v) is 21.0. The molecule has 4 atom stereocenters. The van der Waals surface area contributed by atoms with Crippen LogP contribution in [-0.2, 0) is 36.0 Å². The molecule has 4 aromatic rings. The summed E-state index contributed by atoms with van der Waals surface area (Å²) in [5, 5.41) is 14.3. The lowest BCUT2D eigenvalue weighted by atomic mass is 10.1. The minimum Gasteiger partial charge on any atom is -0.489 e. The van der Waals surface area contributed by atoms with Gasteiger partial charge in [0.2, 0.25) is 0 Å². The van der Waals surface area contributed by atoms with Crippen LogP contribution in [0.25, 0.3) is 11.2 Å². The Morgan fingerprint density at radius 1 is 1.13 bits per heavy atom. The fraction of sp³-hybridized carbons (Fsp3) is 0.400. The van der Waals surface area contributed by atoms with Crippen molar-refractivity contribution in [1.29, 1.82) is 0 Å². The fourth-order valence-electron chi connectivity index (χ4n) is 4.71. The molecule has 0 bridgehead atoms. The SMILES string of the molecule is Cn1cc(COc2cc(F)c(CCc3nc4nc(O[C@@H]5CO[C@H]6[C@@H]5OC[C@H]6O)[nH]c4cc3Cl)c(F)c2)cn1. The number of hydrogen-bond donors (Lipinski definition) is 2. The van der Waals surface area contributed by atoms with Gasteiger partial charge in [0.25, 0.3) is 6.01 Å². The molecule has 2 N–H and O–H groups in total. The van der Waals surface area contributed by atoms with Crippen LogP contribution < -0.4 is 9.47 Å². The molecule has 200 valence electrons. The first-order valence-corrected chi connectivity index (χ1v) is 12.4. The number of pyridine rings is 1. The number of ether oxygens (including phenoxy) is 4. The van der Waals surface area contributed by atoms with Crippen molar-refractivity contribution in [3.8, 4) is 11.8 Å². The van der Waals surface area contributed by atoms with Gasteiger partial charge >= 0.3 is 0 Å². The molecule has 5 heterocycles. The first-order valence-electron chi connectivity index (χ1n) is 12.1. The van der Waals surface area contributed by atoms with Crippen LogP contribution in [0.5, 0.6) is 11.8 Å². The molecule has 1 aromatic carbocycles. The number of aromatic nitrogens is 5. The summed E-state index contributed by atoms with van der Waals surface area (Å²) >= 11 is 6.41. The van der Waals surface area contributed by atoms with Gasteiger partial charge in [-0.1, -0.05) is 11.6 Å². The van der Waals surface area contributed by atoms with Crippen molar-refractivity contribution in [2.45, 2.75) is 43.9 Å². The van der Waals surface area contributed by atoms with Gasteiger partial charge in [-0.05, 0) is 18.9 Å². The Labute approximate surface area is 220 Å². The highest BCUT2D eigenvalue weighted by molar-refractivity contribution is 6.31. The molecule has 0 radical (unpaired) electrons. The first kappa shape index (κ1) is 25.0. The summed E-state index contributed by atoms with van der Waals surface area (Å²) in [6.07, 6.45) is 1.68. The molecule has 0 amide bonds. The summed E-state index contributed by atoms with van der Waals surface area (Å²) in [5.74, 6) is -1.34. The monoisotopic (exact) mass is 547 g/mol. The van der Waals surface area contributed by atoms with Gasteiger partial charge in [0, 0.05) is 36.5 Å². The van der Waals surface area contributed by atoms with Gasteiger partial charge in [-0.2, -0.15) is 10.1 Å². The van der Waals surface area contributed by atoms with E-state index in [0.29, 0.717) is 21.9 Å². The highest BCUT2D eigenvalue weighted by atomic mass is 35.5. The standard InChI is InChI=1S/C25H24ClF2N5O5/c1-33-8-12(7-29-33)9-35-13-4-16(27)14(17(28)5-13)2-3-18-15(26)6-19-24(30-18)32-25(31-19)38-21-11-37-22-20(34)10-36-23(21)22/h4-8,20-23,34H,2-3,9-11H2,1H3,(H,30,31,32)/t20-,21-,22-,23-/m1/s1. The summed E-state index contributed by atoms with van der Waals surface area (Å²) in [5.41, 5.74) is 2.04. The van der Waals surface area contributed by atoms with E-state index in [-0.39, 0.29) is 56.1 Å². The molecule has 10 nitrogen and oxygen atoms in total. The number of aromatic amines is 1. The number of aryl methyl sites for hydroxylation is 2. The average molecular weight is 548 g/mol. The summed E-state index contributed by atoms with van der Waals surface area (Å²) in [6, 6.07) is 4.17. The quantitative estimate of drug-likeness (QED) is 0.346. The minimum absolute atomic E-state index is 0.0364. The molecule has 0 spiro atoms. The Balaban J connectivity index is 1.12. The second kappa shape index (κ2) is 10.1. The number of nitrogens with zero attached hydrogens (tertiary/aromatic N) is 4. The van der Waals surface area contributed by atoms with Crippen LogP contribution in [0.15, 0.2) is 30.6 Å². The molecule has 2 fully saturated rings. The Morgan fingerprint density at radius 3 is 2.68 bits per heavy atom. The topological polar surface area (TPSA) is 117 Å². The molecule has 2 aliphatic rings. The fourth-order valence-corrected chi connectivity index (χ4v) is 4.96. The highest BCUT2D eigenvalue weighted by Crippen LogP contribution is 2.31. The van der Waals surface area contributed by atoms with E-state index in [4.69, 9.17) is 30.5 Å². The molecule has 6 rings (SSSR count).